The number of hydrogen-bond donors (Lipinski definition) is 1. The van der Waals surface area contributed by atoms with Gasteiger partial charge in [-0.05, 0) is 39.2 Å². The molecule has 1 aliphatic rings. The molecule has 1 saturated heterocycles. The van der Waals surface area contributed by atoms with Crippen molar-refractivity contribution in [2.75, 3.05) is 19.7 Å². The number of amides is 2. The van der Waals surface area contributed by atoms with Crippen molar-refractivity contribution in [3.63, 3.8) is 0 Å². The minimum Gasteiger partial charge on any atom is -0.466 e. The van der Waals surface area contributed by atoms with Crippen LogP contribution < -0.4 is 5.32 Å². The summed E-state index contributed by atoms with van der Waals surface area (Å²) < 4.78 is 10.4. The molecule has 170 valence electrons. The smallest absolute Gasteiger partial charge is 0.309 e. The Kier molecular flexibility index (Phi) is 9.03. The molecule has 2 atom stereocenters. The summed E-state index contributed by atoms with van der Waals surface area (Å²) in [5.74, 6) is -1.54. The lowest BCUT2D eigenvalue weighted by atomic mass is 9.96. The van der Waals surface area contributed by atoms with Crippen molar-refractivity contribution >= 4 is 23.8 Å². The molecule has 1 aromatic carbocycles. The molecule has 31 heavy (non-hydrogen) atoms. The van der Waals surface area contributed by atoms with Crippen molar-refractivity contribution in [3.05, 3.63) is 35.4 Å². The van der Waals surface area contributed by atoms with Gasteiger partial charge in [0, 0.05) is 20.0 Å². The average Bonchev–Trinajstić information content (AvgIpc) is 2.73. The molecule has 1 aliphatic heterocycles. The maximum atomic E-state index is 12.7. The zero-order chi connectivity index (χ0) is 23.0. The third-order valence-corrected chi connectivity index (χ3v) is 5.31. The van der Waals surface area contributed by atoms with Gasteiger partial charge in [0.05, 0.1) is 25.0 Å². The summed E-state index contributed by atoms with van der Waals surface area (Å²) >= 11 is 0. The zero-order valence-corrected chi connectivity index (χ0v) is 18.7. The number of carbonyl (C=O) groups is 4. The molecule has 8 heteroatoms. The van der Waals surface area contributed by atoms with E-state index in [0.717, 1.165) is 11.1 Å². The van der Waals surface area contributed by atoms with E-state index >= 15 is 0 Å². The molecule has 0 saturated carbocycles. The van der Waals surface area contributed by atoms with Gasteiger partial charge in [0.1, 0.15) is 0 Å². The van der Waals surface area contributed by atoms with Crippen molar-refractivity contribution in [1.82, 2.24) is 10.2 Å². The fourth-order valence-electron chi connectivity index (χ4n) is 3.61. The molecule has 1 fully saturated rings. The van der Waals surface area contributed by atoms with Gasteiger partial charge in [-0.15, -0.1) is 0 Å². The first-order chi connectivity index (χ1) is 14.7. The van der Waals surface area contributed by atoms with Crippen LogP contribution in [0.2, 0.25) is 0 Å². The summed E-state index contributed by atoms with van der Waals surface area (Å²) in [4.78, 5) is 50.2. The largest absolute Gasteiger partial charge is 0.466 e. The van der Waals surface area contributed by atoms with Gasteiger partial charge in [-0.2, -0.15) is 0 Å². The van der Waals surface area contributed by atoms with Gasteiger partial charge < -0.3 is 19.7 Å². The number of rotatable bonds is 8. The van der Waals surface area contributed by atoms with Gasteiger partial charge in [0.2, 0.25) is 5.91 Å². The molecule has 1 aromatic rings. The first-order valence-electron chi connectivity index (χ1n) is 10.7. The molecular formula is C23H32N2O6. The Hall–Kier alpha value is -2.90. The summed E-state index contributed by atoms with van der Waals surface area (Å²) in [6.45, 7) is 7.82. The molecule has 8 nitrogen and oxygen atoms in total. The first kappa shape index (κ1) is 24.4. The predicted molar refractivity (Wildman–Crippen MR) is 114 cm³/mol. The van der Waals surface area contributed by atoms with E-state index in [9.17, 15) is 19.2 Å². The molecule has 0 bridgehead atoms. The summed E-state index contributed by atoms with van der Waals surface area (Å²) in [5.41, 5.74) is 1.86. The Balaban J connectivity index is 1.90. The van der Waals surface area contributed by atoms with E-state index in [1.165, 1.54) is 13.8 Å². The number of ether oxygens (including phenoxy) is 2. The van der Waals surface area contributed by atoms with Crippen LogP contribution in [0.5, 0.6) is 0 Å². The SMILES string of the molecule is CCOC(=O)C1CCN(C(=O)C(C)OC(=O)CC(NC(C)=O)c2ccc(C)cc2)CC1. The molecule has 0 aliphatic carbocycles. The maximum Gasteiger partial charge on any atom is 0.309 e. The first-order valence-corrected chi connectivity index (χ1v) is 10.7. The topological polar surface area (TPSA) is 102 Å². The second kappa shape index (κ2) is 11.5. The monoisotopic (exact) mass is 432 g/mol. The van der Waals surface area contributed by atoms with E-state index in [1.54, 1.807) is 11.8 Å². The minimum absolute atomic E-state index is 0.0782. The van der Waals surface area contributed by atoms with Crippen LogP contribution in [0, 0.1) is 12.8 Å². The van der Waals surface area contributed by atoms with Crippen molar-refractivity contribution in [1.29, 1.82) is 0 Å². The Bertz CT molecular complexity index is 784. The molecule has 2 amide bonds. The normalized spacial score (nSPS) is 16.2. The van der Waals surface area contributed by atoms with Crippen LogP contribution in [-0.4, -0.2) is 54.5 Å². The highest BCUT2D eigenvalue weighted by Crippen LogP contribution is 2.21. The third-order valence-electron chi connectivity index (χ3n) is 5.31. The van der Waals surface area contributed by atoms with Gasteiger partial charge in [-0.25, -0.2) is 0 Å². The second-order valence-electron chi connectivity index (χ2n) is 7.85. The zero-order valence-electron chi connectivity index (χ0n) is 18.7. The van der Waals surface area contributed by atoms with E-state index in [0.29, 0.717) is 32.5 Å². The van der Waals surface area contributed by atoms with Crippen LogP contribution in [0.25, 0.3) is 0 Å². The number of esters is 2. The number of carbonyl (C=O) groups excluding carboxylic acids is 4. The fourth-order valence-corrected chi connectivity index (χ4v) is 3.61. The number of hydrogen-bond acceptors (Lipinski definition) is 6. The highest BCUT2D eigenvalue weighted by atomic mass is 16.5. The van der Waals surface area contributed by atoms with Gasteiger partial charge in [-0.1, -0.05) is 29.8 Å². The van der Waals surface area contributed by atoms with Gasteiger partial charge >= 0.3 is 11.9 Å². The van der Waals surface area contributed by atoms with Crippen molar-refractivity contribution in [2.45, 2.75) is 59.1 Å². The van der Waals surface area contributed by atoms with Crippen LogP contribution >= 0.6 is 0 Å². The Morgan fingerprint density at radius 1 is 1.13 bits per heavy atom. The molecule has 1 heterocycles. The summed E-state index contributed by atoms with van der Waals surface area (Å²) in [7, 11) is 0. The lowest BCUT2D eigenvalue weighted by molar-refractivity contribution is -0.161. The van der Waals surface area contributed by atoms with Crippen molar-refractivity contribution in [3.8, 4) is 0 Å². The van der Waals surface area contributed by atoms with E-state index in [4.69, 9.17) is 9.47 Å². The van der Waals surface area contributed by atoms with Gasteiger partial charge in [0.25, 0.3) is 5.91 Å². The van der Waals surface area contributed by atoms with Crippen LogP contribution in [0.15, 0.2) is 24.3 Å². The molecule has 0 aromatic heterocycles. The molecule has 0 radical (unpaired) electrons. The van der Waals surface area contributed by atoms with Crippen LogP contribution in [0.1, 0.15) is 57.2 Å². The highest BCUT2D eigenvalue weighted by molar-refractivity contribution is 5.84. The Labute approximate surface area is 183 Å². The molecule has 2 rings (SSSR count). The number of likely N-dealkylation sites (tertiary alicyclic amines) is 1. The van der Waals surface area contributed by atoms with Crippen LogP contribution in [-0.2, 0) is 28.7 Å². The standard InChI is InChI=1S/C23H32N2O6/c1-5-30-23(29)19-10-12-25(13-11-19)22(28)16(3)31-21(27)14-20(24-17(4)26)18-8-6-15(2)7-9-18/h6-9,16,19-20H,5,10-14H2,1-4H3,(H,24,26). The number of aryl methyl sites for hydroxylation is 1. The lowest BCUT2D eigenvalue weighted by Crippen LogP contribution is -2.45. The average molecular weight is 433 g/mol. The van der Waals surface area contributed by atoms with E-state index in [1.807, 2.05) is 31.2 Å². The van der Waals surface area contributed by atoms with Crippen molar-refractivity contribution < 1.29 is 28.7 Å². The van der Waals surface area contributed by atoms with E-state index < -0.39 is 18.1 Å². The number of benzene rings is 1. The van der Waals surface area contributed by atoms with E-state index in [2.05, 4.69) is 5.32 Å². The summed E-state index contributed by atoms with van der Waals surface area (Å²) in [5, 5.41) is 2.76. The Morgan fingerprint density at radius 3 is 2.29 bits per heavy atom. The fraction of sp³-hybridized carbons (Fsp3) is 0.565. The van der Waals surface area contributed by atoms with Crippen LogP contribution in [0.3, 0.4) is 0 Å². The van der Waals surface area contributed by atoms with E-state index in [-0.39, 0.29) is 30.1 Å². The summed E-state index contributed by atoms with van der Waals surface area (Å²) in [6.07, 6.45) is 0.0419. The molecule has 2 unspecified atom stereocenters. The molecule has 0 spiro atoms. The quantitative estimate of drug-likeness (QED) is 0.633. The van der Waals surface area contributed by atoms with Crippen molar-refractivity contribution in [2.24, 2.45) is 5.92 Å². The maximum absolute atomic E-state index is 12.7. The number of nitrogens with one attached hydrogen (secondary N) is 1. The number of piperidine rings is 1. The lowest BCUT2D eigenvalue weighted by Gasteiger charge is -2.32. The minimum atomic E-state index is -0.942. The molecule has 1 N–H and O–H groups in total. The second-order valence-corrected chi connectivity index (χ2v) is 7.85. The third kappa shape index (κ3) is 7.38. The van der Waals surface area contributed by atoms with Gasteiger partial charge in [0.15, 0.2) is 6.10 Å². The number of nitrogens with zero attached hydrogens (tertiary/aromatic N) is 1. The Morgan fingerprint density at radius 2 is 1.74 bits per heavy atom. The van der Waals surface area contributed by atoms with Crippen LogP contribution in [0.4, 0.5) is 0 Å². The summed E-state index contributed by atoms with van der Waals surface area (Å²) in [6, 6.07) is 6.98. The predicted octanol–water partition coefficient (Wildman–Crippen LogP) is 2.30. The van der Waals surface area contributed by atoms with Gasteiger partial charge in [-0.3, -0.25) is 19.2 Å². The molecular weight excluding hydrogens is 400 g/mol. The highest BCUT2D eigenvalue weighted by Gasteiger charge is 2.31.